The van der Waals surface area contributed by atoms with Crippen molar-refractivity contribution in [2.75, 3.05) is 0 Å². The quantitative estimate of drug-likeness (QED) is 0.562. The molecule has 0 aromatic carbocycles. The Bertz CT molecular complexity index is 185. The molecule has 0 spiro atoms. The molecule has 0 saturated carbocycles. The molecule has 0 aromatic rings. The van der Waals surface area contributed by atoms with Crippen LogP contribution < -0.4 is 5.32 Å². The van der Waals surface area contributed by atoms with E-state index in [9.17, 15) is 4.79 Å². The summed E-state index contributed by atoms with van der Waals surface area (Å²) in [5.41, 5.74) is 0. The molecule has 1 amide bonds. The first-order valence-electron chi connectivity index (χ1n) is 7.47. The summed E-state index contributed by atoms with van der Waals surface area (Å²) in [5, 5.41) is 2.82. The monoisotopic (exact) mass is 228 g/mol. The van der Waals surface area contributed by atoms with Crippen LogP contribution in [0, 0.1) is 0 Å². The van der Waals surface area contributed by atoms with Gasteiger partial charge in [0.25, 0.3) is 0 Å². The van der Waals surface area contributed by atoms with Crippen molar-refractivity contribution in [1.82, 2.24) is 5.32 Å². The average molecular weight is 228 g/mol. The smallest absolute Gasteiger partial charge is 0.217 e. The second-order valence-electron chi connectivity index (χ2n) is 4.66. The third kappa shape index (κ3) is 11.5. The summed E-state index contributed by atoms with van der Waals surface area (Å²) in [6.45, 7) is 4.06. The number of hydrogen-bond acceptors (Lipinski definition) is 1. The Hall–Kier alpha value is -0.530. The fraction of sp³-hybridized carbons (Fsp3) is 0.929. The predicted molar refractivity (Wildman–Crippen MR) is 70.5 cm³/mol. The van der Waals surface area contributed by atoms with Gasteiger partial charge >= 0.3 is 0 Å². The molecule has 0 aliphatic rings. The highest BCUT2D eigenvalue weighted by Gasteiger charge is 2.02. The summed E-state index contributed by atoms with van der Waals surface area (Å²) in [5.74, 6) is -0.0122. The summed E-state index contributed by atoms with van der Waals surface area (Å²) in [4.78, 5) is 10.9. The molecule has 0 radical (unpaired) electrons. The highest BCUT2D eigenvalue weighted by molar-refractivity contribution is 5.73. The van der Waals surface area contributed by atoms with Gasteiger partial charge in [-0.05, 0) is 13.3 Å². The summed E-state index contributed by atoms with van der Waals surface area (Å²) in [6, 6.07) is 0.0626. The molecule has 0 rings (SSSR count). The van der Waals surface area contributed by atoms with Gasteiger partial charge in [-0.1, -0.05) is 58.3 Å². The normalized spacial score (nSPS) is 13.2. The van der Waals surface area contributed by atoms with Crippen LogP contribution in [-0.2, 0) is 4.79 Å². The Morgan fingerprint density at radius 1 is 1.12 bits per heavy atom. The highest BCUT2D eigenvalue weighted by atomic mass is 16.1. The Morgan fingerprint density at radius 2 is 1.69 bits per heavy atom. The van der Waals surface area contributed by atoms with Crippen molar-refractivity contribution in [3.63, 3.8) is 0 Å². The topological polar surface area (TPSA) is 29.1 Å². The lowest BCUT2D eigenvalue weighted by molar-refractivity contribution is -0.119. The van der Waals surface area contributed by atoms with Crippen LogP contribution in [0.2, 0.25) is 0 Å². The van der Waals surface area contributed by atoms with Gasteiger partial charge in [0.2, 0.25) is 5.91 Å². The maximum atomic E-state index is 10.9. The SMILES string of the molecule is [2H]CC(CCCCCCCCCC)NC(C)=O. The Balaban J connectivity index is 3.28. The van der Waals surface area contributed by atoms with Gasteiger partial charge in [0, 0.05) is 14.3 Å². The van der Waals surface area contributed by atoms with E-state index in [-0.39, 0.29) is 11.9 Å². The van der Waals surface area contributed by atoms with Gasteiger partial charge in [0.1, 0.15) is 0 Å². The van der Waals surface area contributed by atoms with Crippen LogP contribution in [0.25, 0.3) is 0 Å². The van der Waals surface area contributed by atoms with Crippen molar-refractivity contribution in [1.29, 1.82) is 0 Å². The minimum Gasteiger partial charge on any atom is -0.354 e. The molecular formula is C14H29NO. The summed E-state index contributed by atoms with van der Waals surface area (Å²) >= 11 is 0. The van der Waals surface area contributed by atoms with E-state index in [4.69, 9.17) is 1.37 Å². The van der Waals surface area contributed by atoms with Crippen LogP contribution in [0.5, 0.6) is 0 Å². The van der Waals surface area contributed by atoms with Crippen LogP contribution in [-0.4, -0.2) is 11.9 Å². The standard InChI is InChI=1S/C14H29NO/c1-4-5-6-7-8-9-10-11-12-13(2)15-14(3)16/h13H,4-12H2,1-3H3,(H,15,16)/i2D. The molecule has 1 N–H and O–H groups in total. The van der Waals surface area contributed by atoms with Crippen molar-refractivity contribution < 1.29 is 6.17 Å². The van der Waals surface area contributed by atoms with Gasteiger partial charge in [-0.15, -0.1) is 0 Å². The van der Waals surface area contributed by atoms with Crippen LogP contribution in [0.3, 0.4) is 0 Å². The molecule has 96 valence electrons. The van der Waals surface area contributed by atoms with Gasteiger partial charge in [-0.25, -0.2) is 0 Å². The molecule has 0 bridgehead atoms. The lowest BCUT2D eigenvalue weighted by Crippen LogP contribution is -2.30. The van der Waals surface area contributed by atoms with E-state index in [1.54, 1.807) is 0 Å². The average Bonchev–Trinajstić information content (AvgIpc) is 2.30. The van der Waals surface area contributed by atoms with Gasteiger partial charge in [-0.3, -0.25) is 4.79 Å². The lowest BCUT2D eigenvalue weighted by Gasteiger charge is -2.11. The van der Waals surface area contributed by atoms with Crippen molar-refractivity contribution in [3.8, 4) is 0 Å². The van der Waals surface area contributed by atoms with Crippen molar-refractivity contribution >= 4 is 5.91 Å². The minimum atomic E-state index is -0.0122. The Labute approximate surface area is 103 Å². The Morgan fingerprint density at radius 3 is 2.19 bits per heavy atom. The van der Waals surface area contributed by atoms with Gasteiger partial charge in [0.05, 0.1) is 0 Å². The second kappa shape index (κ2) is 11.0. The number of carbonyl (C=O) groups is 1. The fourth-order valence-corrected chi connectivity index (χ4v) is 1.88. The van der Waals surface area contributed by atoms with Crippen molar-refractivity contribution in [2.24, 2.45) is 0 Å². The zero-order valence-corrected chi connectivity index (χ0v) is 11.1. The van der Waals surface area contributed by atoms with Crippen LogP contribution >= 0.6 is 0 Å². The summed E-state index contributed by atoms with van der Waals surface area (Å²) < 4.78 is 7.33. The van der Waals surface area contributed by atoms with E-state index in [2.05, 4.69) is 12.2 Å². The zero-order chi connectivity index (χ0) is 12.9. The van der Waals surface area contributed by atoms with E-state index in [1.165, 1.54) is 51.9 Å². The first kappa shape index (κ1) is 13.5. The van der Waals surface area contributed by atoms with Crippen LogP contribution in [0.15, 0.2) is 0 Å². The van der Waals surface area contributed by atoms with Crippen molar-refractivity contribution in [2.45, 2.75) is 84.6 Å². The molecule has 16 heavy (non-hydrogen) atoms. The van der Waals surface area contributed by atoms with E-state index in [0.717, 1.165) is 12.8 Å². The van der Waals surface area contributed by atoms with Gasteiger partial charge < -0.3 is 5.32 Å². The summed E-state index contributed by atoms with van der Waals surface area (Å²) in [6.07, 6.45) is 11.4. The van der Waals surface area contributed by atoms with E-state index >= 15 is 0 Å². The molecule has 2 heteroatoms. The number of unbranched alkanes of at least 4 members (excludes halogenated alkanes) is 7. The number of nitrogens with one attached hydrogen (secondary N) is 1. The molecule has 0 fully saturated rings. The fourth-order valence-electron chi connectivity index (χ4n) is 1.88. The van der Waals surface area contributed by atoms with Gasteiger partial charge in [0.15, 0.2) is 0 Å². The van der Waals surface area contributed by atoms with Gasteiger partial charge in [-0.2, -0.15) is 0 Å². The minimum absolute atomic E-state index is 0.0122. The molecule has 0 aliphatic carbocycles. The maximum Gasteiger partial charge on any atom is 0.217 e. The Kier molecular flexibility index (Phi) is 9.28. The van der Waals surface area contributed by atoms with Crippen molar-refractivity contribution in [3.05, 3.63) is 0 Å². The molecule has 1 atom stereocenters. The molecule has 2 nitrogen and oxygen atoms in total. The molecule has 0 aromatic heterocycles. The van der Waals surface area contributed by atoms with E-state index in [0.29, 0.717) is 6.90 Å². The zero-order valence-electron chi connectivity index (χ0n) is 12.1. The molecule has 0 saturated heterocycles. The highest BCUT2D eigenvalue weighted by Crippen LogP contribution is 2.10. The van der Waals surface area contributed by atoms with E-state index in [1.807, 2.05) is 0 Å². The predicted octanol–water partition coefficient (Wildman–Crippen LogP) is 4.04. The first-order valence-corrected chi connectivity index (χ1v) is 6.77. The second-order valence-corrected chi connectivity index (χ2v) is 4.66. The molecular weight excluding hydrogens is 198 g/mol. The molecule has 0 aliphatic heterocycles. The van der Waals surface area contributed by atoms with Crippen LogP contribution in [0.1, 0.15) is 79.9 Å². The first-order chi connectivity index (χ1) is 8.20. The number of carbonyl (C=O) groups excluding carboxylic acids is 1. The van der Waals surface area contributed by atoms with E-state index < -0.39 is 0 Å². The number of rotatable bonds is 10. The third-order valence-electron chi connectivity index (χ3n) is 2.81. The number of hydrogen-bond donors (Lipinski definition) is 1. The van der Waals surface area contributed by atoms with Crippen LogP contribution in [0.4, 0.5) is 0 Å². The lowest BCUT2D eigenvalue weighted by atomic mass is 10.1. The maximum absolute atomic E-state index is 10.9. The number of amides is 1. The third-order valence-corrected chi connectivity index (χ3v) is 2.81. The molecule has 0 heterocycles. The molecule has 1 unspecified atom stereocenters. The summed E-state index contributed by atoms with van der Waals surface area (Å²) in [7, 11) is 0. The largest absolute Gasteiger partial charge is 0.354 e.